The SMILES string of the molecule is CCS(=O)(=O)c1cccc(C(=O)Nc2sc3c(c2C#N)CCN(C(C)=O)C3)c1. The summed E-state index contributed by atoms with van der Waals surface area (Å²) in [6, 6.07) is 7.99. The van der Waals surface area contributed by atoms with E-state index < -0.39 is 15.7 Å². The van der Waals surface area contributed by atoms with Gasteiger partial charge < -0.3 is 10.2 Å². The summed E-state index contributed by atoms with van der Waals surface area (Å²) in [5.41, 5.74) is 1.48. The number of nitrogens with one attached hydrogen (secondary N) is 1. The monoisotopic (exact) mass is 417 g/mol. The molecular formula is C19H19N3O4S2. The topological polar surface area (TPSA) is 107 Å². The molecule has 0 aliphatic carbocycles. The number of nitriles is 1. The normalized spacial score (nSPS) is 13.5. The van der Waals surface area contributed by atoms with Crippen molar-refractivity contribution in [3.05, 3.63) is 45.8 Å². The van der Waals surface area contributed by atoms with Gasteiger partial charge in [0, 0.05) is 23.9 Å². The predicted molar refractivity (Wildman–Crippen MR) is 106 cm³/mol. The first kappa shape index (κ1) is 20.0. The number of thiophene rings is 1. The van der Waals surface area contributed by atoms with Crippen LogP contribution >= 0.6 is 11.3 Å². The van der Waals surface area contributed by atoms with Gasteiger partial charge in [-0.15, -0.1) is 11.3 Å². The van der Waals surface area contributed by atoms with E-state index in [-0.39, 0.29) is 22.1 Å². The number of hydrogen-bond donors (Lipinski definition) is 1. The molecule has 1 N–H and O–H groups in total. The molecule has 1 aromatic carbocycles. The molecule has 9 heteroatoms. The lowest BCUT2D eigenvalue weighted by atomic mass is 10.0. The van der Waals surface area contributed by atoms with Crippen LogP contribution in [0.5, 0.6) is 0 Å². The number of carbonyl (C=O) groups excluding carboxylic acids is 2. The van der Waals surface area contributed by atoms with Gasteiger partial charge in [-0.25, -0.2) is 8.42 Å². The van der Waals surface area contributed by atoms with Gasteiger partial charge in [0.05, 0.1) is 22.8 Å². The van der Waals surface area contributed by atoms with Crippen LogP contribution < -0.4 is 5.32 Å². The van der Waals surface area contributed by atoms with Crippen LogP contribution in [0.2, 0.25) is 0 Å². The summed E-state index contributed by atoms with van der Waals surface area (Å²) >= 11 is 1.28. The highest BCUT2D eigenvalue weighted by Crippen LogP contribution is 2.37. The van der Waals surface area contributed by atoms with E-state index in [9.17, 15) is 23.3 Å². The number of nitrogens with zero attached hydrogens (tertiary/aromatic N) is 2. The molecule has 1 aliphatic rings. The fourth-order valence-electron chi connectivity index (χ4n) is 3.05. The molecule has 0 radical (unpaired) electrons. The number of fused-ring (bicyclic) bond motifs is 1. The first-order valence-corrected chi connectivity index (χ1v) is 11.2. The summed E-state index contributed by atoms with van der Waals surface area (Å²) < 4.78 is 24.1. The van der Waals surface area contributed by atoms with Crippen molar-refractivity contribution in [2.75, 3.05) is 17.6 Å². The minimum atomic E-state index is -3.42. The molecule has 7 nitrogen and oxygen atoms in total. The third kappa shape index (κ3) is 3.79. The smallest absolute Gasteiger partial charge is 0.256 e. The minimum Gasteiger partial charge on any atom is -0.337 e. The lowest BCUT2D eigenvalue weighted by Gasteiger charge is -2.25. The van der Waals surface area contributed by atoms with E-state index in [2.05, 4.69) is 11.4 Å². The van der Waals surface area contributed by atoms with E-state index in [1.165, 1.54) is 42.5 Å². The van der Waals surface area contributed by atoms with Crippen molar-refractivity contribution < 1.29 is 18.0 Å². The second-order valence-corrected chi connectivity index (χ2v) is 9.78. The van der Waals surface area contributed by atoms with Crippen molar-refractivity contribution in [3.8, 4) is 6.07 Å². The van der Waals surface area contributed by atoms with Crippen LogP contribution in [0.25, 0.3) is 0 Å². The van der Waals surface area contributed by atoms with Crippen molar-refractivity contribution in [1.29, 1.82) is 5.26 Å². The van der Waals surface area contributed by atoms with Crippen molar-refractivity contribution in [2.24, 2.45) is 0 Å². The summed E-state index contributed by atoms with van der Waals surface area (Å²) in [5, 5.41) is 12.7. The molecule has 2 heterocycles. The lowest BCUT2D eigenvalue weighted by Crippen LogP contribution is -2.33. The van der Waals surface area contributed by atoms with E-state index in [0.29, 0.717) is 30.1 Å². The second kappa shape index (κ2) is 7.73. The highest BCUT2D eigenvalue weighted by molar-refractivity contribution is 7.91. The van der Waals surface area contributed by atoms with Gasteiger partial charge >= 0.3 is 0 Å². The number of amides is 2. The van der Waals surface area contributed by atoms with Gasteiger partial charge in [-0.2, -0.15) is 5.26 Å². The van der Waals surface area contributed by atoms with Crippen LogP contribution in [0.3, 0.4) is 0 Å². The molecule has 0 fully saturated rings. The lowest BCUT2D eigenvalue weighted by molar-refractivity contribution is -0.129. The average molecular weight is 418 g/mol. The molecule has 0 bridgehead atoms. The van der Waals surface area contributed by atoms with Gasteiger partial charge in [0.1, 0.15) is 11.1 Å². The van der Waals surface area contributed by atoms with Gasteiger partial charge in [-0.05, 0) is 30.2 Å². The predicted octanol–water partition coefficient (Wildman–Crippen LogP) is 2.57. The molecule has 0 atom stereocenters. The highest BCUT2D eigenvalue weighted by Gasteiger charge is 2.26. The average Bonchev–Trinajstić information content (AvgIpc) is 3.03. The van der Waals surface area contributed by atoms with Crippen LogP contribution in [-0.4, -0.2) is 37.4 Å². The molecule has 0 spiro atoms. The molecule has 146 valence electrons. The zero-order valence-electron chi connectivity index (χ0n) is 15.5. The Morgan fingerprint density at radius 3 is 2.75 bits per heavy atom. The van der Waals surface area contributed by atoms with Crippen LogP contribution in [0, 0.1) is 11.3 Å². The Morgan fingerprint density at radius 2 is 2.11 bits per heavy atom. The summed E-state index contributed by atoms with van der Waals surface area (Å²) in [5.74, 6) is -0.565. The maximum absolute atomic E-state index is 12.7. The fraction of sp³-hybridized carbons (Fsp3) is 0.316. The number of benzene rings is 1. The number of rotatable bonds is 4. The Morgan fingerprint density at radius 1 is 1.36 bits per heavy atom. The fourth-order valence-corrected chi connectivity index (χ4v) is 5.19. The van der Waals surface area contributed by atoms with Gasteiger partial charge in [0.25, 0.3) is 5.91 Å². The Hall–Kier alpha value is -2.70. The van der Waals surface area contributed by atoms with E-state index in [1.807, 2.05) is 0 Å². The number of anilines is 1. The van der Waals surface area contributed by atoms with E-state index >= 15 is 0 Å². The first-order chi connectivity index (χ1) is 13.3. The Labute approximate surface area is 167 Å². The van der Waals surface area contributed by atoms with Crippen LogP contribution in [0.1, 0.15) is 40.2 Å². The molecule has 3 rings (SSSR count). The molecule has 1 aliphatic heterocycles. The van der Waals surface area contributed by atoms with Crippen molar-refractivity contribution in [2.45, 2.75) is 31.7 Å². The van der Waals surface area contributed by atoms with E-state index in [0.717, 1.165) is 10.4 Å². The molecule has 0 saturated carbocycles. The molecule has 28 heavy (non-hydrogen) atoms. The Balaban J connectivity index is 1.89. The number of carbonyl (C=O) groups is 2. The van der Waals surface area contributed by atoms with Gasteiger partial charge in [-0.3, -0.25) is 9.59 Å². The number of hydrogen-bond acceptors (Lipinski definition) is 6. The number of sulfone groups is 1. The van der Waals surface area contributed by atoms with Crippen molar-refractivity contribution >= 4 is 38.0 Å². The molecule has 0 unspecified atom stereocenters. The molecular weight excluding hydrogens is 398 g/mol. The summed E-state index contributed by atoms with van der Waals surface area (Å²) in [4.78, 5) is 27.0. The third-order valence-electron chi connectivity index (χ3n) is 4.68. The van der Waals surface area contributed by atoms with E-state index in [4.69, 9.17) is 0 Å². The zero-order valence-corrected chi connectivity index (χ0v) is 17.1. The van der Waals surface area contributed by atoms with Gasteiger partial charge in [0.2, 0.25) is 5.91 Å². The van der Waals surface area contributed by atoms with Crippen LogP contribution in [0.4, 0.5) is 5.00 Å². The van der Waals surface area contributed by atoms with Crippen molar-refractivity contribution in [1.82, 2.24) is 4.90 Å². The Bertz CT molecular complexity index is 1100. The maximum atomic E-state index is 12.7. The Kier molecular flexibility index (Phi) is 5.54. The first-order valence-electron chi connectivity index (χ1n) is 8.71. The third-order valence-corrected chi connectivity index (χ3v) is 7.54. The minimum absolute atomic E-state index is 0.0305. The van der Waals surface area contributed by atoms with Crippen LogP contribution in [0.15, 0.2) is 29.2 Å². The van der Waals surface area contributed by atoms with Crippen LogP contribution in [-0.2, 0) is 27.6 Å². The zero-order chi connectivity index (χ0) is 20.5. The van der Waals surface area contributed by atoms with Crippen molar-refractivity contribution in [3.63, 3.8) is 0 Å². The van der Waals surface area contributed by atoms with Gasteiger partial charge in [-0.1, -0.05) is 13.0 Å². The largest absolute Gasteiger partial charge is 0.337 e. The van der Waals surface area contributed by atoms with Gasteiger partial charge in [0.15, 0.2) is 9.84 Å². The maximum Gasteiger partial charge on any atom is 0.256 e. The summed E-state index contributed by atoms with van der Waals surface area (Å²) in [6.07, 6.45) is 0.564. The molecule has 0 saturated heterocycles. The standard InChI is InChI=1S/C19H19N3O4S2/c1-3-28(25,26)14-6-4-5-13(9-14)18(24)21-19-16(10-20)15-7-8-22(12(2)23)11-17(15)27-19/h4-6,9H,3,7-8,11H2,1-2H3,(H,21,24). The second-order valence-electron chi connectivity index (χ2n) is 6.40. The molecule has 2 aromatic rings. The molecule has 1 aromatic heterocycles. The molecule has 2 amide bonds. The highest BCUT2D eigenvalue weighted by atomic mass is 32.2. The quantitative estimate of drug-likeness (QED) is 0.823. The summed E-state index contributed by atoms with van der Waals surface area (Å²) in [7, 11) is -3.42. The van der Waals surface area contributed by atoms with E-state index in [1.54, 1.807) is 11.8 Å². The summed E-state index contributed by atoms with van der Waals surface area (Å²) in [6.45, 7) is 4.01.